The predicted octanol–water partition coefficient (Wildman–Crippen LogP) is 5.89. The molecule has 172 valence electrons. The lowest BCUT2D eigenvalue weighted by Crippen LogP contribution is -2.47. The molecule has 0 atom stereocenters. The average molecular weight is 474 g/mol. The van der Waals surface area contributed by atoms with Crippen LogP contribution >= 0.6 is 24.8 Å². The molecule has 1 saturated heterocycles. The molecular formula is C26H33Cl2N3O. The van der Waals surface area contributed by atoms with Gasteiger partial charge in [-0.3, -0.25) is 4.90 Å². The first-order valence-electron chi connectivity index (χ1n) is 10.8. The second kappa shape index (κ2) is 13.2. The average Bonchev–Trinajstić information content (AvgIpc) is 2.83. The number of halogens is 2. The Labute approximate surface area is 204 Å². The summed E-state index contributed by atoms with van der Waals surface area (Å²) >= 11 is 0. The zero-order valence-corrected chi connectivity index (χ0v) is 20.2. The first kappa shape index (κ1) is 25.9. The fraction of sp³-hybridized carbons (Fsp3) is 0.308. The van der Waals surface area contributed by atoms with Gasteiger partial charge < -0.3 is 14.5 Å². The molecular weight excluding hydrogens is 441 g/mol. The van der Waals surface area contributed by atoms with Crippen molar-refractivity contribution in [2.24, 2.45) is 0 Å². The summed E-state index contributed by atoms with van der Waals surface area (Å²) in [5.74, 6) is 0.965. The number of methoxy groups -OCH3 is 1. The topological polar surface area (TPSA) is 19.0 Å². The molecule has 3 aromatic rings. The maximum atomic E-state index is 5.54. The van der Waals surface area contributed by atoms with Gasteiger partial charge in [0.2, 0.25) is 0 Å². The Kier molecular flexibility index (Phi) is 10.7. The minimum Gasteiger partial charge on any atom is -0.495 e. The molecule has 0 amide bonds. The van der Waals surface area contributed by atoms with Crippen LogP contribution in [0.1, 0.15) is 6.42 Å². The monoisotopic (exact) mass is 473 g/mol. The first-order valence-corrected chi connectivity index (χ1v) is 10.8. The van der Waals surface area contributed by atoms with Crippen molar-refractivity contribution in [2.45, 2.75) is 6.42 Å². The second-order valence-electron chi connectivity index (χ2n) is 7.68. The van der Waals surface area contributed by atoms with Gasteiger partial charge >= 0.3 is 0 Å². The Hall–Kier alpha value is -2.40. The summed E-state index contributed by atoms with van der Waals surface area (Å²) < 4.78 is 5.54. The molecule has 3 aromatic carbocycles. The van der Waals surface area contributed by atoms with Crippen molar-refractivity contribution >= 4 is 41.9 Å². The SMILES string of the molecule is COc1ccccc1N1CCN(CCCN(c2ccccc2)c2ccccc2)CC1.Cl.Cl. The van der Waals surface area contributed by atoms with Crippen molar-refractivity contribution in [3.8, 4) is 5.75 Å². The lowest BCUT2D eigenvalue weighted by atomic mass is 10.2. The molecule has 1 fully saturated rings. The first-order chi connectivity index (χ1) is 14.8. The van der Waals surface area contributed by atoms with Gasteiger partial charge in [-0.25, -0.2) is 0 Å². The molecule has 0 N–H and O–H groups in total. The molecule has 6 heteroatoms. The Bertz CT molecular complexity index is 864. The van der Waals surface area contributed by atoms with Crippen LogP contribution in [0.15, 0.2) is 84.9 Å². The lowest BCUT2D eigenvalue weighted by Gasteiger charge is -2.37. The van der Waals surface area contributed by atoms with Crippen LogP contribution in [0.4, 0.5) is 17.1 Å². The van der Waals surface area contributed by atoms with E-state index in [2.05, 4.69) is 87.5 Å². The van der Waals surface area contributed by atoms with Crippen LogP contribution in [0, 0.1) is 0 Å². The molecule has 32 heavy (non-hydrogen) atoms. The number of nitrogens with zero attached hydrogens (tertiary/aromatic N) is 3. The van der Waals surface area contributed by atoms with Crippen LogP contribution in [-0.2, 0) is 0 Å². The van der Waals surface area contributed by atoms with Gasteiger partial charge in [0.25, 0.3) is 0 Å². The summed E-state index contributed by atoms with van der Waals surface area (Å²) in [5, 5.41) is 0. The number of piperazine rings is 1. The summed E-state index contributed by atoms with van der Waals surface area (Å²) in [6.45, 7) is 6.41. The third kappa shape index (κ3) is 6.55. The smallest absolute Gasteiger partial charge is 0.142 e. The van der Waals surface area contributed by atoms with E-state index in [1.165, 1.54) is 17.1 Å². The largest absolute Gasteiger partial charge is 0.495 e. The zero-order chi connectivity index (χ0) is 20.6. The maximum Gasteiger partial charge on any atom is 0.142 e. The Morgan fingerprint density at radius 3 is 1.81 bits per heavy atom. The maximum absolute atomic E-state index is 5.54. The normalized spacial score (nSPS) is 13.6. The molecule has 1 heterocycles. The van der Waals surface area contributed by atoms with Gasteiger partial charge in [0.1, 0.15) is 5.75 Å². The van der Waals surface area contributed by atoms with E-state index in [0.717, 1.165) is 51.4 Å². The summed E-state index contributed by atoms with van der Waals surface area (Å²) in [6.07, 6.45) is 1.14. The summed E-state index contributed by atoms with van der Waals surface area (Å²) in [4.78, 5) is 7.45. The standard InChI is InChI=1S/C26H31N3O.2ClH/c1-30-26-16-9-8-15-25(26)28-21-19-27(20-22-28)17-10-18-29(23-11-4-2-5-12-23)24-13-6-3-7-14-24;;/h2-9,11-16H,10,17-22H2,1H3;2*1H. The molecule has 0 saturated carbocycles. The number of rotatable bonds is 8. The van der Waals surface area contributed by atoms with E-state index in [1.54, 1.807) is 7.11 Å². The Morgan fingerprint density at radius 1 is 0.719 bits per heavy atom. The van der Waals surface area contributed by atoms with Crippen molar-refractivity contribution < 1.29 is 4.74 Å². The van der Waals surface area contributed by atoms with E-state index in [4.69, 9.17) is 4.74 Å². The molecule has 1 aliphatic rings. The third-order valence-corrected chi connectivity index (χ3v) is 5.79. The Balaban J connectivity index is 0.00000181. The van der Waals surface area contributed by atoms with Gasteiger partial charge in [0.15, 0.2) is 0 Å². The number of anilines is 3. The highest BCUT2D eigenvalue weighted by Gasteiger charge is 2.19. The van der Waals surface area contributed by atoms with Gasteiger partial charge in [0, 0.05) is 44.1 Å². The summed E-state index contributed by atoms with van der Waals surface area (Å²) in [6, 6.07) is 29.7. The van der Waals surface area contributed by atoms with E-state index in [9.17, 15) is 0 Å². The fourth-order valence-electron chi connectivity index (χ4n) is 4.18. The van der Waals surface area contributed by atoms with Crippen molar-refractivity contribution in [1.82, 2.24) is 4.90 Å². The molecule has 1 aliphatic heterocycles. The zero-order valence-electron chi connectivity index (χ0n) is 18.6. The highest BCUT2D eigenvalue weighted by molar-refractivity contribution is 5.85. The van der Waals surface area contributed by atoms with Gasteiger partial charge in [-0.15, -0.1) is 24.8 Å². The molecule has 0 unspecified atom stereocenters. The lowest BCUT2D eigenvalue weighted by molar-refractivity contribution is 0.255. The predicted molar refractivity (Wildman–Crippen MR) is 141 cm³/mol. The minimum atomic E-state index is 0. The number of hydrogen-bond acceptors (Lipinski definition) is 4. The van der Waals surface area contributed by atoms with Crippen LogP contribution in [-0.4, -0.2) is 51.3 Å². The van der Waals surface area contributed by atoms with Crippen LogP contribution in [0.2, 0.25) is 0 Å². The fourth-order valence-corrected chi connectivity index (χ4v) is 4.18. The van der Waals surface area contributed by atoms with E-state index >= 15 is 0 Å². The Morgan fingerprint density at radius 2 is 1.25 bits per heavy atom. The van der Waals surface area contributed by atoms with Crippen LogP contribution in [0.3, 0.4) is 0 Å². The highest BCUT2D eigenvalue weighted by Crippen LogP contribution is 2.28. The molecule has 0 bridgehead atoms. The highest BCUT2D eigenvalue weighted by atomic mass is 35.5. The van der Waals surface area contributed by atoms with Gasteiger partial charge in [-0.2, -0.15) is 0 Å². The van der Waals surface area contributed by atoms with Crippen molar-refractivity contribution in [2.75, 3.05) is 56.2 Å². The molecule has 0 aromatic heterocycles. The van der Waals surface area contributed by atoms with Crippen LogP contribution in [0.25, 0.3) is 0 Å². The van der Waals surface area contributed by atoms with E-state index < -0.39 is 0 Å². The number of benzene rings is 3. The molecule has 4 rings (SSSR count). The van der Waals surface area contributed by atoms with E-state index in [1.807, 2.05) is 12.1 Å². The molecule has 0 aliphatic carbocycles. The molecule has 4 nitrogen and oxygen atoms in total. The summed E-state index contributed by atoms with van der Waals surface area (Å²) in [7, 11) is 1.75. The van der Waals surface area contributed by atoms with Crippen LogP contribution < -0.4 is 14.5 Å². The van der Waals surface area contributed by atoms with Gasteiger partial charge in [0.05, 0.1) is 12.8 Å². The van der Waals surface area contributed by atoms with Gasteiger partial charge in [-0.1, -0.05) is 48.5 Å². The number of hydrogen-bond donors (Lipinski definition) is 0. The number of para-hydroxylation sites is 4. The van der Waals surface area contributed by atoms with Crippen molar-refractivity contribution in [3.63, 3.8) is 0 Å². The summed E-state index contributed by atoms with van der Waals surface area (Å²) in [5.41, 5.74) is 3.72. The van der Waals surface area contributed by atoms with Gasteiger partial charge in [-0.05, 0) is 49.4 Å². The number of ether oxygens (including phenoxy) is 1. The van der Waals surface area contributed by atoms with Crippen molar-refractivity contribution in [3.05, 3.63) is 84.9 Å². The minimum absolute atomic E-state index is 0. The third-order valence-electron chi connectivity index (χ3n) is 5.79. The van der Waals surface area contributed by atoms with E-state index in [0.29, 0.717) is 0 Å². The van der Waals surface area contributed by atoms with Crippen LogP contribution in [0.5, 0.6) is 5.75 Å². The second-order valence-corrected chi connectivity index (χ2v) is 7.68. The van der Waals surface area contributed by atoms with Crippen molar-refractivity contribution in [1.29, 1.82) is 0 Å². The van der Waals surface area contributed by atoms with E-state index in [-0.39, 0.29) is 24.8 Å². The molecule has 0 spiro atoms. The quantitative estimate of drug-likeness (QED) is 0.405. The molecule has 0 radical (unpaired) electrons.